The maximum absolute atomic E-state index is 12.5. The van der Waals surface area contributed by atoms with Crippen LogP contribution in [0.3, 0.4) is 0 Å². The number of benzene rings is 2. The predicted octanol–water partition coefficient (Wildman–Crippen LogP) is 3.15. The Morgan fingerprint density at radius 2 is 1.67 bits per heavy atom. The summed E-state index contributed by atoms with van der Waals surface area (Å²) in [4.78, 5) is 16.8. The van der Waals surface area contributed by atoms with Crippen molar-refractivity contribution in [3.8, 4) is 0 Å². The number of carbonyl (C=O) groups excluding carboxylic acids is 1. The molecule has 1 aliphatic rings. The molecule has 0 bridgehead atoms. The Hall–Kier alpha value is -2.43. The molecule has 3 rings (SSSR count). The molecule has 4 nitrogen and oxygen atoms in total. The van der Waals surface area contributed by atoms with E-state index in [9.17, 15) is 4.79 Å². The second kappa shape index (κ2) is 10.0. The van der Waals surface area contributed by atoms with Gasteiger partial charge in [-0.25, -0.2) is 0 Å². The van der Waals surface area contributed by atoms with Crippen LogP contribution < -0.4 is 5.32 Å². The van der Waals surface area contributed by atoms with Gasteiger partial charge in [-0.3, -0.25) is 9.69 Å². The third-order valence-electron chi connectivity index (χ3n) is 4.91. The molecule has 1 fully saturated rings. The molecule has 0 unspecified atom stereocenters. The van der Waals surface area contributed by atoms with Crippen LogP contribution in [-0.2, 0) is 17.9 Å². The van der Waals surface area contributed by atoms with E-state index in [1.807, 2.05) is 17.0 Å². The number of rotatable bonds is 7. The summed E-state index contributed by atoms with van der Waals surface area (Å²) in [5, 5.41) is 3.31. The van der Waals surface area contributed by atoms with Crippen molar-refractivity contribution in [3.63, 3.8) is 0 Å². The third-order valence-corrected chi connectivity index (χ3v) is 4.91. The van der Waals surface area contributed by atoms with Crippen molar-refractivity contribution in [2.45, 2.75) is 20.0 Å². The average Bonchev–Trinajstić information content (AvgIpc) is 2.72. The number of carbonyl (C=O) groups is 1. The fourth-order valence-corrected chi connectivity index (χ4v) is 3.26. The van der Waals surface area contributed by atoms with Gasteiger partial charge < -0.3 is 10.2 Å². The number of hydrogen-bond acceptors (Lipinski definition) is 3. The van der Waals surface area contributed by atoms with E-state index >= 15 is 0 Å². The first-order valence-corrected chi connectivity index (χ1v) is 9.77. The average molecular weight is 364 g/mol. The summed E-state index contributed by atoms with van der Waals surface area (Å²) in [5.41, 5.74) is 3.65. The molecule has 0 spiro atoms. The van der Waals surface area contributed by atoms with Crippen molar-refractivity contribution >= 4 is 12.0 Å². The lowest BCUT2D eigenvalue weighted by atomic mass is 10.1. The van der Waals surface area contributed by atoms with Crippen LogP contribution in [0.2, 0.25) is 0 Å². The van der Waals surface area contributed by atoms with Gasteiger partial charge in [0, 0.05) is 45.3 Å². The SMILES string of the molecule is CCNCc1ccc(/C=C/C(=O)N2CCN(Cc3ccccc3)CC2)cc1. The zero-order chi connectivity index (χ0) is 18.9. The van der Waals surface area contributed by atoms with Gasteiger partial charge in [-0.1, -0.05) is 61.5 Å². The number of hydrogen-bond donors (Lipinski definition) is 1. The number of nitrogens with zero attached hydrogens (tertiary/aromatic N) is 2. The molecule has 27 heavy (non-hydrogen) atoms. The summed E-state index contributed by atoms with van der Waals surface area (Å²) in [6.45, 7) is 8.33. The van der Waals surface area contributed by atoms with E-state index in [4.69, 9.17) is 0 Å². The maximum Gasteiger partial charge on any atom is 0.246 e. The molecule has 1 saturated heterocycles. The monoisotopic (exact) mass is 363 g/mol. The topological polar surface area (TPSA) is 35.6 Å². The van der Waals surface area contributed by atoms with Crippen molar-refractivity contribution in [1.82, 2.24) is 15.1 Å². The highest BCUT2D eigenvalue weighted by molar-refractivity contribution is 5.91. The van der Waals surface area contributed by atoms with Gasteiger partial charge in [0.05, 0.1) is 0 Å². The highest BCUT2D eigenvalue weighted by atomic mass is 16.2. The highest BCUT2D eigenvalue weighted by Gasteiger charge is 2.19. The summed E-state index contributed by atoms with van der Waals surface area (Å²) in [5.74, 6) is 0.103. The van der Waals surface area contributed by atoms with Gasteiger partial charge in [-0.05, 0) is 29.3 Å². The van der Waals surface area contributed by atoms with Gasteiger partial charge in [0.2, 0.25) is 5.91 Å². The molecule has 1 heterocycles. The number of nitrogens with one attached hydrogen (secondary N) is 1. The molecule has 0 atom stereocenters. The molecule has 2 aromatic rings. The third kappa shape index (κ3) is 6.05. The molecular formula is C23H29N3O. The van der Waals surface area contributed by atoms with E-state index in [1.54, 1.807) is 6.08 Å². The fraction of sp³-hybridized carbons (Fsp3) is 0.348. The van der Waals surface area contributed by atoms with Crippen molar-refractivity contribution < 1.29 is 4.79 Å². The first-order valence-electron chi connectivity index (χ1n) is 9.77. The van der Waals surface area contributed by atoms with Crippen LogP contribution in [0, 0.1) is 0 Å². The van der Waals surface area contributed by atoms with Gasteiger partial charge in [0.25, 0.3) is 0 Å². The van der Waals surface area contributed by atoms with Gasteiger partial charge in [0.1, 0.15) is 0 Å². The Balaban J connectivity index is 1.45. The molecule has 1 N–H and O–H groups in total. The number of piperazine rings is 1. The minimum atomic E-state index is 0.103. The Labute approximate surface area is 162 Å². The number of amides is 1. The van der Waals surface area contributed by atoms with Gasteiger partial charge >= 0.3 is 0 Å². The molecular weight excluding hydrogens is 334 g/mol. The van der Waals surface area contributed by atoms with Crippen LogP contribution in [0.4, 0.5) is 0 Å². The predicted molar refractivity (Wildman–Crippen MR) is 111 cm³/mol. The van der Waals surface area contributed by atoms with Gasteiger partial charge in [-0.2, -0.15) is 0 Å². The first kappa shape index (κ1) is 19.3. The van der Waals surface area contributed by atoms with Crippen molar-refractivity contribution in [1.29, 1.82) is 0 Å². The molecule has 142 valence electrons. The largest absolute Gasteiger partial charge is 0.337 e. The summed E-state index contributed by atoms with van der Waals surface area (Å²) in [7, 11) is 0. The van der Waals surface area contributed by atoms with Crippen LogP contribution in [0.15, 0.2) is 60.7 Å². The van der Waals surface area contributed by atoms with E-state index in [1.165, 1.54) is 11.1 Å². The molecule has 0 radical (unpaired) electrons. The minimum absolute atomic E-state index is 0.103. The fourth-order valence-electron chi connectivity index (χ4n) is 3.26. The van der Waals surface area contributed by atoms with E-state index in [0.717, 1.165) is 51.4 Å². The van der Waals surface area contributed by atoms with Gasteiger partial charge in [-0.15, -0.1) is 0 Å². The second-order valence-electron chi connectivity index (χ2n) is 6.94. The van der Waals surface area contributed by atoms with Crippen LogP contribution in [0.1, 0.15) is 23.6 Å². The minimum Gasteiger partial charge on any atom is -0.337 e. The van der Waals surface area contributed by atoms with Crippen molar-refractivity contribution in [2.75, 3.05) is 32.7 Å². The lowest BCUT2D eigenvalue weighted by Crippen LogP contribution is -2.47. The molecule has 1 aliphatic heterocycles. The molecule has 2 aromatic carbocycles. The van der Waals surface area contributed by atoms with Crippen LogP contribution >= 0.6 is 0 Å². The van der Waals surface area contributed by atoms with Crippen LogP contribution in [0.25, 0.3) is 6.08 Å². The molecule has 4 heteroatoms. The smallest absolute Gasteiger partial charge is 0.246 e. The lowest BCUT2D eigenvalue weighted by molar-refractivity contribution is -0.127. The molecule has 1 amide bonds. The molecule has 0 aromatic heterocycles. The van der Waals surface area contributed by atoms with E-state index in [0.29, 0.717) is 0 Å². The molecule has 0 saturated carbocycles. The normalized spacial score (nSPS) is 15.4. The highest BCUT2D eigenvalue weighted by Crippen LogP contribution is 2.10. The summed E-state index contributed by atoms with van der Waals surface area (Å²) < 4.78 is 0. The van der Waals surface area contributed by atoms with Crippen LogP contribution in [-0.4, -0.2) is 48.4 Å². The standard InChI is InChI=1S/C23H29N3O/c1-2-24-18-21-10-8-20(9-11-21)12-13-23(27)26-16-14-25(15-17-26)19-22-6-4-3-5-7-22/h3-13,24H,2,14-19H2,1H3/b13-12+. The Bertz CT molecular complexity index is 732. The summed E-state index contributed by atoms with van der Waals surface area (Å²) in [6, 6.07) is 18.8. The zero-order valence-corrected chi connectivity index (χ0v) is 16.1. The van der Waals surface area contributed by atoms with Crippen molar-refractivity contribution in [2.24, 2.45) is 0 Å². The summed E-state index contributed by atoms with van der Waals surface area (Å²) in [6.07, 6.45) is 3.61. The lowest BCUT2D eigenvalue weighted by Gasteiger charge is -2.34. The van der Waals surface area contributed by atoms with Crippen molar-refractivity contribution in [3.05, 3.63) is 77.4 Å². The quantitative estimate of drug-likeness (QED) is 0.768. The zero-order valence-electron chi connectivity index (χ0n) is 16.1. The van der Waals surface area contributed by atoms with E-state index < -0.39 is 0 Å². The van der Waals surface area contributed by atoms with E-state index in [-0.39, 0.29) is 5.91 Å². The van der Waals surface area contributed by atoms with Gasteiger partial charge in [0.15, 0.2) is 0 Å². The second-order valence-corrected chi connectivity index (χ2v) is 6.94. The van der Waals surface area contributed by atoms with E-state index in [2.05, 4.69) is 65.7 Å². The Morgan fingerprint density at radius 1 is 0.963 bits per heavy atom. The molecule has 0 aliphatic carbocycles. The summed E-state index contributed by atoms with van der Waals surface area (Å²) >= 11 is 0. The Kier molecular flexibility index (Phi) is 7.19. The van der Waals surface area contributed by atoms with Crippen LogP contribution in [0.5, 0.6) is 0 Å². The Morgan fingerprint density at radius 3 is 2.33 bits per heavy atom. The first-order chi connectivity index (χ1) is 13.2. The maximum atomic E-state index is 12.5.